The van der Waals surface area contributed by atoms with Crippen molar-refractivity contribution >= 4 is 5.95 Å². The number of morpholine rings is 1. The molecule has 3 heterocycles. The molecule has 1 aromatic carbocycles. The molecule has 0 bridgehead atoms. The number of hydrogen-bond acceptors (Lipinski definition) is 5. The fourth-order valence-corrected chi connectivity index (χ4v) is 3.54. The standard InChI is InChI=1S/C21H22N4O2/c1-15-20(17-6-4-3-5-7-17)27-13-12-25(15)21-23-18(14-19(26)24(21)2)16-8-10-22-11-9-16/h3-11,14-15,20H,12-13H2,1-2H3/t15-,20-/m1/s1. The molecule has 2 aromatic heterocycles. The highest BCUT2D eigenvalue weighted by Gasteiger charge is 2.32. The summed E-state index contributed by atoms with van der Waals surface area (Å²) in [5.74, 6) is 0.658. The lowest BCUT2D eigenvalue weighted by Gasteiger charge is -2.40. The molecule has 0 saturated carbocycles. The number of ether oxygens (including phenoxy) is 1. The molecule has 0 spiro atoms. The molecule has 0 radical (unpaired) electrons. The zero-order valence-electron chi connectivity index (χ0n) is 15.4. The van der Waals surface area contributed by atoms with Gasteiger partial charge in [0.05, 0.1) is 18.3 Å². The minimum absolute atomic E-state index is 0.0481. The number of rotatable bonds is 3. The van der Waals surface area contributed by atoms with Crippen LogP contribution in [0.4, 0.5) is 5.95 Å². The van der Waals surface area contributed by atoms with Crippen LogP contribution in [-0.4, -0.2) is 33.7 Å². The number of benzene rings is 1. The summed E-state index contributed by atoms with van der Waals surface area (Å²) in [6, 6.07) is 15.5. The Kier molecular flexibility index (Phi) is 4.73. The zero-order valence-corrected chi connectivity index (χ0v) is 15.4. The van der Waals surface area contributed by atoms with E-state index in [0.717, 1.165) is 11.1 Å². The third-order valence-electron chi connectivity index (χ3n) is 5.03. The summed E-state index contributed by atoms with van der Waals surface area (Å²) in [5.41, 5.74) is 2.58. The number of nitrogens with zero attached hydrogens (tertiary/aromatic N) is 4. The van der Waals surface area contributed by atoms with Gasteiger partial charge in [-0.05, 0) is 24.6 Å². The third kappa shape index (κ3) is 3.36. The topological polar surface area (TPSA) is 60.2 Å². The monoisotopic (exact) mass is 362 g/mol. The smallest absolute Gasteiger partial charge is 0.255 e. The average molecular weight is 362 g/mol. The van der Waals surface area contributed by atoms with E-state index in [9.17, 15) is 4.79 Å². The second kappa shape index (κ2) is 7.32. The molecule has 2 atom stereocenters. The minimum Gasteiger partial charge on any atom is -0.370 e. The van der Waals surface area contributed by atoms with Gasteiger partial charge < -0.3 is 9.64 Å². The summed E-state index contributed by atoms with van der Waals surface area (Å²) in [5, 5.41) is 0. The maximum Gasteiger partial charge on any atom is 0.255 e. The summed E-state index contributed by atoms with van der Waals surface area (Å²) in [6.45, 7) is 3.38. The Morgan fingerprint density at radius 2 is 1.85 bits per heavy atom. The first-order chi connectivity index (χ1) is 13.1. The van der Waals surface area contributed by atoms with E-state index in [-0.39, 0.29) is 17.7 Å². The van der Waals surface area contributed by atoms with Crippen molar-refractivity contribution in [3.63, 3.8) is 0 Å². The van der Waals surface area contributed by atoms with Crippen molar-refractivity contribution < 1.29 is 4.74 Å². The van der Waals surface area contributed by atoms with Crippen LogP contribution in [0.25, 0.3) is 11.3 Å². The first kappa shape index (κ1) is 17.4. The summed E-state index contributed by atoms with van der Waals surface area (Å²) >= 11 is 0. The Hall–Kier alpha value is -2.99. The first-order valence-corrected chi connectivity index (χ1v) is 9.07. The molecule has 1 aliphatic rings. The highest BCUT2D eigenvalue weighted by molar-refractivity contribution is 5.59. The van der Waals surface area contributed by atoms with E-state index in [0.29, 0.717) is 24.8 Å². The summed E-state index contributed by atoms with van der Waals surface area (Å²) < 4.78 is 7.65. The van der Waals surface area contributed by atoms with E-state index in [4.69, 9.17) is 9.72 Å². The van der Waals surface area contributed by atoms with Gasteiger partial charge in [0.2, 0.25) is 5.95 Å². The Morgan fingerprint density at radius 1 is 1.11 bits per heavy atom. The lowest BCUT2D eigenvalue weighted by Crippen LogP contribution is -2.48. The molecular weight excluding hydrogens is 340 g/mol. The lowest BCUT2D eigenvalue weighted by atomic mass is 10.0. The van der Waals surface area contributed by atoms with E-state index in [2.05, 4.69) is 28.9 Å². The third-order valence-corrected chi connectivity index (χ3v) is 5.03. The van der Waals surface area contributed by atoms with Crippen molar-refractivity contribution in [2.24, 2.45) is 7.05 Å². The molecule has 4 rings (SSSR count). The molecule has 0 aliphatic carbocycles. The Bertz CT molecular complexity index is 972. The predicted molar refractivity (Wildman–Crippen MR) is 105 cm³/mol. The Balaban J connectivity index is 1.74. The molecule has 1 fully saturated rings. The first-order valence-electron chi connectivity index (χ1n) is 9.07. The fourth-order valence-electron chi connectivity index (χ4n) is 3.54. The van der Waals surface area contributed by atoms with E-state index in [1.165, 1.54) is 0 Å². The zero-order chi connectivity index (χ0) is 18.8. The summed E-state index contributed by atoms with van der Waals surface area (Å²) in [6.07, 6.45) is 3.34. The molecule has 0 N–H and O–H groups in total. The van der Waals surface area contributed by atoms with Gasteiger partial charge in [0, 0.05) is 37.6 Å². The molecule has 27 heavy (non-hydrogen) atoms. The predicted octanol–water partition coefficient (Wildman–Crippen LogP) is 2.81. The van der Waals surface area contributed by atoms with E-state index in [1.807, 2.05) is 30.3 Å². The van der Waals surface area contributed by atoms with E-state index >= 15 is 0 Å². The van der Waals surface area contributed by atoms with Crippen molar-refractivity contribution in [1.82, 2.24) is 14.5 Å². The van der Waals surface area contributed by atoms with Crippen LogP contribution >= 0.6 is 0 Å². The van der Waals surface area contributed by atoms with Crippen LogP contribution in [0.1, 0.15) is 18.6 Å². The molecule has 138 valence electrons. The van der Waals surface area contributed by atoms with Gasteiger partial charge in [-0.25, -0.2) is 4.98 Å². The van der Waals surface area contributed by atoms with Gasteiger partial charge in [-0.2, -0.15) is 0 Å². The maximum atomic E-state index is 12.6. The van der Waals surface area contributed by atoms with Gasteiger partial charge in [-0.1, -0.05) is 30.3 Å². The second-order valence-corrected chi connectivity index (χ2v) is 6.71. The van der Waals surface area contributed by atoms with E-state index in [1.54, 1.807) is 30.1 Å². The van der Waals surface area contributed by atoms with Gasteiger partial charge in [0.25, 0.3) is 5.56 Å². The van der Waals surface area contributed by atoms with Gasteiger partial charge >= 0.3 is 0 Å². The van der Waals surface area contributed by atoms with Crippen molar-refractivity contribution in [1.29, 1.82) is 0 Å². The van der Waals surface area contributed by atoms with Crippen LogP contribution in [0.2, 0.25) is 0 Å². The average Bonchev–Trinajstić information content (AvgIpc) is 2.72. The molecule has 3 aromatic rings. The summed E-state index contributed by atoms with van der Waals surface area (Å²) in [4.78, 5) is 23.6. The quantitative estimate of drug-likeness (QED) is 0.717. The molecule has 1 aliphatic heterocycles. The van der Waals surface area contributed by atoms with E-state index < -0.39 is 0 Å². The van der Waals surface area contributed by atoms with Crippen molar-refractivity contribution in [2.75, 3.05) is 18.1 Å². The molecular formula is C21H22N4O2. The van der Waals surface area contributed by atoms with Crippen LogP contribution in [0.5, 0.6) is 0 Å². The molecule has 1 saturated heterocycles. The lowest BCUT2D eigenvalue weighted by molar-refractivity contribution is 0.0136. The van der Waals surface area contributed by atoms with Gasteiger partial charge in [0.15, 0.2) is 0 Å². The molecule has 0 amide bonds. The number of hydrogen-bond donors (Lipinski definition) is 0. The summed E-state index contributed by atoms with van der Waals surface area (Å²) in [7, 11) is 1.76. The van der Waals surface area contributed by atoms with Crippen molar-refractivity contribution in [2.45, 2.75) is 19.1 Å². The van der Waals surface area contributed by atoms with Crippen LogP contribution in [0.3, 0.4) is 0 Å². The second-order valence-electron chi connectivity index (χ2n) is 6.71. The fraction of sp³-hybridized carbons (Fsp3) is 0.286. The van der Waals surface area contributed by atoms with Crippen LogP contribution in [0.15, 0.2) is 65.7 Å². The normalized spacial score (nSPS) is 19.9. The highest BCUT2D eigenvalue weighted by Crippen LogP contribution is 2.31. The Labute approximate surface area is 158 Å². The highest BCUT2D eigenvalue weighted by atomic mass is 16.5. The molecule has 6 nitrogen and oxygen atoms in total. The largest absolute Gasteiger partial charge is 0.370 e. The number of pyridine rings is 1. The molecule has 6 heteroatoms. The van der Waals surface area contributed by atoms with Gasteiger partial charge in [-0.3, -0.25) is 14.3 Å². The SMILES string of the molecule is C[C@@H]1[C@H](c2ccccc2)OCCN1c1nc(-c2ccncc2)cc(=O)n1C. The van der Waals surface area contributed by atoms with Gasteiger partial charge in [-0.15, -0.1) is 0 Å². The van der Waals surface area contributed by atoms with Crippen molar-refractivity contribution in [3.8, 4) is 11.3 Å². The van der Waals surface area contributed by atoms with Gasteiger partial charge in [0.1, 0.15) is 6.10 Å². The van der Waals surface area contributed by atoms with Crippen LogP contribution in [-0.2, 0) is 11.8 Å². The maximum absolute atomic E-state index is 12.6. The number of anilines is 1. The molecule has 0 unspecified atom stereocenters. The Morgan fingerprint density at radius 3 is 2.59 bits per heavy atom. The minimum atomic E-state index is -0.0817. The number of aromatic nitrogens is 3. The van der Waals surface area contributed by atoms with Crippen molar-refractivity contribution in [3.05, 3.63) is 76.8 Å². The van der Waals surface area contributed by atoms with Crippen LogP contribution < -0.4 is 10.5 Å². The van der Waals surface area contributed by atoms with Crippen LogP contribution in [0, 0.1) is 0 Å².